The number of carbonyl (C=O) groups is 2. The number of nitrogens with one attached hydrogen (secondary N) is 1. The Morgan fingerprint density at radius 1 is 0.878 bits per heavy atom. The van der Waals surface area contributed by atoms with Crippen LogP contribution in [0, 0.1) is 0 Å². The molecule has 1 atom stereocenters. The van der Waals surface area contributed by atoms with Gasteiger partial charge in [0.15, 0.2) is 0 Å². The third kappa shape index (κ3) is 6.36. The number of ether oxygens (including phenoxy) is 2. The Balaban J connectivity index is 1.55. The standard InChI is InChI=1S/C32H31N5O4/c1-3-41-27-19-15-25(16-20-27)37(30(38)22-36-29-12-8-7-11-28(29)34-35-36)31(24-13-17-26(40-2)18-14-24)32(39)33-21-23-9-5-4-6-10-23/h4-20,31H,3,21-22H2,1-2H3,(H,33,39)/t31-/m1/s1. The minimum absolute atomic E-state index is 0.119. The quantitative estimate of drug-likeness (QED) is 0.251. The number of amides is 2. The fourth-order valence-corrected chi connectivity index (χ4v) is 4.63. The van der Waals surface area contributed by atoms with Gasteiger partial charge in [0.2, 0.25) is 11.8 Å². The van der Waals surface area contributed by atoms with Crippen molar-refractivity contribution in [3.63, 3.8) is 0 Å². The van der Waals surface area contributed by atoms with Gasteiger partial charge in [-0.15, -0.1) is 5.10 Å². The van der Waals surface area contributed by atoms with E-state index in [9.17, 15) is 9.59 Å². The largest absolute Gasteiger partial charge is 0.497 e. The van der Waals surface area contributed by atoms with Crippen LogP contribution in [0.15, 0.2) is 103 Å². The summed E-state index contributed by atoms with van der Waals surface area (Å²) in [7, 11) is 1.58. The molecular formula is C32H31N5O4. The zero-order valence-electron chi connectivity index (χ0n) is 22.9. The van der Waals surface area contributed by atoms with Crippen LogP contribution in [0.4, 0.5) is 5.69 Å². The van der Waals surface area contributed by atoms with Crippen LogP contribution in [0.2, 0.25) is 0 Å². The molecule has 2 amide bonds. The Hall–Kier alpha value is -5.18. The molecule has 1 N–H and O–H groups in total. The maximum absolute atomic E-state index is 14.2. The molecule has 0 bridgehead atoms. The summed E-state index contributed by atoms with van der Waals surface area (Å²) in [5, 5.41) is 11.4. The summed E-state index contributed by atoms with van der Waals surface area (Å²) in [5.41, 5.74) is 3.52. The van der Waals surface area contributed by atoms with Crippen LogP contribution in [-0.4, -0.2) is 40.5 Å². The van der Waals surface area contributed by atoms with Gasteiger partial charge in [-0.25, -0.2) is 4.68 Å². The molecule has 0 aliphatic rings. The maximum atomic E-state index is 14.2. The summed E-state index contributed by atoms with van der Waals surface area (Å²) in [6, 6.07) is 30.4. The molecule has 1 heterocycles. The number of methoxy groups -OCH3 is 1. The van der Waals surface area contributed by atoms with E-state index in [-0.39, 0.29) is 18.4 Å². The van der Waals surface area contributed by atoms with E-state index in [0.29, 0.717) is 41.4 Å². The van der Waals surface area contributed by atoms with Gasteiger partial charge < -0.3 is 14.8 Å². The first-order valence-corrected chi connectivity index (χ1v) is 13.4. The number of rotatable bonds is 11. The van der Waals surface area contributed by atoms with Gasteiger partial charge in [0, 0.05) is 12.2 Å². The summed E-state index contributed by atoms with van der Waals surface area (Å²) >= 11 is 0. The fraction of sp³-hybridized carbons (Fsp3) is 0.188. The topological polar surface area (TPSA) is 98.6 Å². The average Bonchev–Trinajstić information content (AvgIpc) is 3.42. The lowest BCUT2D eigenvalue weighted by Gasteiger charge is -2.32. The highest BCUT2D eigenvalue weighted by Crippen LogP contribution is 2.31. The second-order valence-corrected chi connectivity index (χ2v) is 9.31. The molecular weight excluding hydrogens is 518 g/mol. The lowest BCUT2D eigenvalue weighted by molar-refractivity contribution is -0.127. The molecule has 0 fully saturated rings. The zero-order valence-corrected chi connectivity index (χ0v) is 22.9. The van der Waals surface area contributed by atoms with Crippen LogP contribution in [0.25, 0.3) is 11.0 Å². The minimum Gasteiger partial charge on any atom is -0.497 e. The van der Waals surface area contributed by atoms with Crippen molar-refractivity contribution in [1.82, 2.24) is 20.3 Å². The molecule has 41 heavy (non-hydrogen) atoms. The molecule has 9 heteroatoms. The van der Waals surface area contributed by atoms with Gasteiger partial charge in [-0.2, -0.15) is 0 Å². The van der Waals surface area contributed by atoms with Crippen LogP contribution in [0.1, 0.15) is 24.1 Å². The maximum Gasteiger partial charge on any atom is 0.249 e. The second-order valence-electron chi connectivity index (χ2n) is 9.31. The summed E-state index contributed by atoms with van der Waals surface area (Å²) in [6.45, 7) is 2.61. The molecule has 0 radical (unpaired) electrons. The Bertz CT molecular complexity index is 1600. The van der Waals surface area contributed by atoms with Gasteiger partial charge in [-0.05, 0) is 66.6 Å². The number of anilines is 1. The van der Waals surface area contributed by atoms with Crippen molar-refractivity contribution in [2.75, 3.05) is 18.6 Å². The molecule has 4 aromatic carbocycles. The van der Waals surface area contributed by atoms with Crippen molar-refractivity contribution in [3.8, 4) is 11.5 Å². The predicted octanol–water partition coefficient (Wildman–Crippen LogP) is 4.93. The van der Waals surface area contributed by atoms with Crippen LogP contribution in [0.3, 0.4) is 0 Å². The van der Waals surface area contributed by atoms with Crippen LogP contribution in [0.5, 0.6) is 11.5 Å². The normalized spacial score (nSPS) is 11.6. The summed E-state index contributed by atoms with van der Waals surface area (Å²) in [6.07, 6.45) is 0. The molecule has 9 nitrogen and oxygen atoms in total. The van der Waals surface area contributed by atoms with Gasteiger partial charge in [-0.3, -0.25) is 14.5 Å². The molecule has 0 saturated carbocycles. The van der Waals surface area contributed by atoms with Gasteiger partial charge >= 0.3 is 0 Å². The zero-order chi connectivity index (χ0) is 28.6. The molecule has 1 aromatic heterocycles. The number of benzene rings is 4. The number of para-hydroxylation sites is 1. The highest BCUT2D eigenvalue weighted by atomic mass is 16.5. The highest BCUT2D eigenvalue weighted by Gasteiger charge is 2.33. The van der Waals surface area contributed by atoms with E-state index in [2.05, 4.69) is 15.6 Å². The van der Waals surface area contributed by atoms with E-state index in [0.717, 1.165) is 11.1 Å². The molecule has 0 aliphatic heterocycles. The highest BCUT2D eigenvalue weighted by molar-refractivity contribution is 6.01. The molecule has 0 saturated heterocycles. The van der Waals surface area contributed by atoms with Crippen LogP contribution >= 0.6 is 0 Å². The Kier molecular flexibility index (Phi) is 8.54. The lowest BCUT2D eigenvalue weighted by Crippen LogP contribution is -2.45. The molecule has 208 valence electrons. The van der Waals surface area contributed by atoms with E-state index < -0.39 is 6.04 Å². The first-order chi connectivity index (χ1) is 20.1. The van der Waals surface area contributed by atoms with Crippen molar-refractivity contribution in [1.29, 1.82) is 0 Å². The number of nitrogens with zero attached hydrogens (tertiary/aromatic N) is 4. The Morgan fingerprint density at radius 2 is 1.56 bits per heavy atom. The Morgan fingerprint density at radius 3 is 2.27 bits per heavy atom. The first-order valence-electron chi connectivity index (χ1n) is 13.4. The van der Waals surface area contributed by atoms with E-state index in [4.69, 9.17) is 9.47 Å². The van der Waals surface area contributed by atoms with E-state index in [1.807, 2.05) is 61.5 Å². The van der Waals surface area contributed by atoms with Gasteiger partial charge in [0.05, 0.1) is 19.2 Å². The molecule has 0 spiro atoms. The average molecular weight is 550 g/mol. The van der Waals surface area contributed by atoms with Gasteiger partial charge in [0.25, 0.3) is 0 Å². The Labute approximate surface area is 238 Å². The van der Waals surface area contributed by atoms with Crippen molar-refractivity contribution in [2.45, 2.75) is 26.1 Å². The molecule has 0 unspecified atom stereocenters. The van der Waals surface area contributed by atoms with E-state index in [1.54, 1.807) is 60.3 Å². The predicted molar refractivity (Wildman–Crippen MR) is 157 cm³/mol. The third-order valence-electron chi connectivity index (χ3n) is 6.65. The first kappa shape index (κ1) is 27.4. The van der Waals surface area contributed by atoms with E-state index >= 15 is 0 Å². The van der Waals surface area contributed by atoms with Crippen molar-refractivity contribution < 1.29 is 19.1 Å². The van der Waals surface area contributed by atoms with Gasteiger partial charge in [0.1, 0.15) is 29.6 Å². The SMILES string of the molecule is CCOc1ccc(N(C(=O)Cn2nnc3ccccc32)[C@@H](C(=O)NCc2ccccc2)c2ccc(OC)cc2)cc1. The summed E-state index contributed by atoms with van der Waals surface area (Å²) in [4.78, 5) is 29.7. The second kappa shape index (κ2) is 12.8. The van der Waals surface area contributed by atoms with Crippen LogP contribution < -0.4 is 19.7 Å². The molecule has 0 aliphatic carbocycles. The summed E-state index contributed by atoms with van der Waals surface area (Å²) in [5.74, 6) is 0.649. The van der Waals surface area contributed by atoms with Crippen molar-refractivity contribution in [2.24, 2.45) is 0 Å². The smallest absolute Gasteiger partial charge is 0.249 e. The molecule has 5 rings (SSSR count). The number of hydrogen-bond donors (Lipinski definition) is 1. The number of fused-ring (bicyclic) bond motifs is 1. The van der Waals surface area contributed by atoms with E-state index in [1.165, 1.54) is 4.90 Å². The third-order valence-corrected chi connectivity index (χ3v) is 6.65. The minimum atomic E-state index is -0.982. The summed E-state index contributed by atoms with van der Waals surface area (Å²) < 4.78 is 12.5. The number of hydrogen-bond acceptors (Lipinski definition) is 6. The number of aromatic nitrogens is 3. The molecule has 5 aromatic rings. The van der Waals surface area contributed by atoms with Crippen LogP contribution in [-0.2, 0) is 22.7 Å². The van der Waals surface area contributed by atoms with Crippen molar-refractivity contribution >= 4 is 28.5 Å². The van der Waals surface area contributed by atoms with Gasteiger partial charge in [-0.1, -0.05) is 59.8 Å². The monoisotopic (exact) mass is 549 g/mol. The number of carbonyl (C=O) groups excluding carboxylic acids is 2. The fourth-order valence-electron chi connectivity index (χ4n) is 4.63. The van der Waals surface area contributed by atoms with Crippen molar-refractivity contribution in [3.05, 3.63) is 114 Å². The lowest BCUT2D eigenvalue weighted by atomic mass is 10.0.